The molecule has 0 spiro atoms. The summed E-state index contributed by atoms with van der Waals surface area (Å²) in [6.45, 7) is 0.992. The van der Waals surface area contributed by atoms with Crippen molar-refractivity contribution in [2.45, 2.75) is 25.4 Å². The van der Waals surface area contributed by atoms with Crippen molar-refractivity contribution in [1.82, 2.24) is 21.5 Å². The Labute approximate surface area is 196 Å². The number of aliphatic hydroxyl groups is 1. The van der Waals surface area contributed by atoms with Gasteiger partial charge < -0.3 is 25.8 Å². The first-order valence-electron chi connectivity index (χ1n) is 10.6. The summed E-state index contributed by atoms with van der Waals surface area (Å²) in [7, 11) is 1.50. The number of benzene rings is 2. The Bertz CT molecular complexity index is 1090. The number of aliphatic hydroxyl groups excluding tert-OH is 1. The second-order valence-electron chi connectivity index (χ2n) is 7.84. The number of nitrogens with one attached hydrogen (secondary N) is 5. The normalized spacial score (nSPS) is 16.1. The molecule has 0 aliphatic heterocycles. The van der Waals surface area contributed by atoms with Crippen LogP contribution in [0.25, 0.3) is 0 Å². The molecule has 0 fully saturated rings. The molecule has 2 aromatic carbocycles. The summed E-state index contributed by atoms with van der Waals surface area (Å²) in [5.74, 6) is -1.16. The number of anilines is 1. The number of hydrogen-bond donors (Lipinski definition) is 6. The summed E-state index contributed by atoms with van der Waals surface area (Å²) in [5.41, 5.74) is 6.61. The Balaban J connectivity index is 1.52. The lowest BCUT2D eigenvalue weighted by molar-refractivity contribution is -0.121. The fraction of sp³-hybridized carbons (Fsp3) is 0.304. The first kappa shape index (κ1) is 24.5. The van der Waals surface area contributed by atoms with Crippen LogP contribution in [-0.2, 0) is 21.6 Å². The lowest BCUT2D eigenvalue weighted by Gasteiger charge is -2.28. The second-order valence-corrected chi connectivity index (χ2v) is 7.84. The monoisotopic (exact) mass is 469 g/mol. The summed E-state index contributed by atoms with van der Waals surface area (Å²) in [6, 6.07) is 11.5. The Hall–Kier alpha value is -4.12. The fourth-order valence-corrected chi connectivity index (χ4v) is 3.60. The predicted molar refractivity (Wildman–Crippen MR) is 123 cm³/mol. The number of carbonyl (C=O) groups excluding carboxylic acids is 4. The zero-order valence-electron chi connectivity index (χ0n) is 18.9. The third-order valence-corrected chi connectivity index (χ3v) is 5.45. The van der Waals surface area contributed by atoms with E-state index in [-0.39, 0.29) is 6.03 Å². The molecule has 1 atom stereocenters. The van der Waals surface area contributed by atoms with Crippen LogP contribution in [0.3, 0.4) is 0 Å². The number of rotatable bonds is 6. The minimum atomic E-state index is -1.26. The van der Waals surface area contributed by atoms with Gasteiger partial charge in [-0.1, -0.05) is 23.8 Å². The molecule has 0 radical (unpaired) electrons. The van der Waals surface area contributed by atoms with Crippen molar-refractivity contribution < 1.29 is 29.0 Å². The molecule has 3 rings (SSSR count). The minimum absolute atomic E-state index is 0.342. The van der Waals surface area contributed by atoms with Crippen molar-refractivity contribution in [1.29, 1.82) is 0 Å². The standard InChI is InChI=1S/C23H27N5O6/c1-14-3-5-15(6-4-14)20(31)28-27-19(30)12-25-22(33)34-23(13-29)10-9-16-11-17(7-8-18(16)23)26-21(32)24-2/h3-8,11,29H,9-10,12-13H2,1-2H3,(H,25,33)(H,27,30)(H,28,31)(H2,24,26,32)/t23-/m1/s1. The lowest BCUT2D eigenvalue weighted by Crippen LogP contribution is -2.47. The molecule has 0 saturated heterocycles. The van der Waals surface area contributed by atoms with Crippen LogP contribution in [0.15, 0.2) is 42.5 Å². The predicted octanol–water partition coefficient (Wildman–Crippen LogP) is 1.07. The van der Waals surface area contributed by atoms with Crippen LogP contribution in [0.2, 0.25) is 0 Å². The van der Waals surface area contributed by atoms with Gasteiger partial charge in [0.2, 0.25) is 0 Å². The van der Waals surface area contributed by atoms with Crippen LogP contribution in [0.4, 0.5) is 15.3 Å². The van der Waals surface area contributed by atoms with E-state index < -0.39 is 36.7 Å². The molecule has 0 saturated carbocycles. The number of ether oxygens (including phenoxy) is 1. The largest absolute Gasteiger partial charge is 0.436 e. The van der Waals surface area contributed by atoms with Gasteiger partial charge in [0.15, 0.2) is 5.60 Å². The van der Waals surface area contributed by atoms with E-state index in [4.69, 9.17) is 4.74 Å². The zero-order chi connectivity index (χ0) is 24.7. The Morgan fingerprint density at radius 1 is 1.06 bits per heavy atom. The molecule has 11 nitrogen and oxygen atoms in total. The van der Waals surface area contributed by atoms with Crippen molar-refractivity contribution in [2.24, 2.45) is 0 Å². The molecule has 11 heteroatoms. The highest BCUT2D eigenvalue weighted by molar-refractivity contribution is 5.95. The van der Waals surface area contributed by atoms with Gasteiger partial charge in [-0.3, -0.25) is 20.4 Å². The van der Waals surface area contributed by atoms with Crippen molar-refractivity contribution in [3.63, 3.8) is 0 Å². The molecule has 2 aromatic rings. The summed E-state index contributed by atoms with van der Waals surface area (Å²) < 4.78 is 5.51. The first-order chi connectivity index (χ1) is 16.3. The molecule has 5 amide bonds. The molecule has 6 N–H and O–H groups in total. The highest BCUT2D eigenvalue weighted by Crippen LogP contribution is 2.41. The van der Waals surface area contributed by atoms with E-state index in [1.54, 1.807) is 42.5 Å². The van der Waals surface area contributed by atoms with Gasteiger partial charge in [0.1, 0.15) is 6.54 Å². The number of fused-ring (bicyclic) bond motifs is 1. The maximum absolute atomic E-state index is 12.3. The van der Waals surface area contributed by atoms with Crippen LogP contribution in [-0.4, -0.2) is 49.2 Å². The van der Waals surface area contributed by atoms with E-state index in [0.29, 0.717) is 29.7 Å². The number of hydrogen-bond acceptors (Lipinski definition) is 6. The molecule has 0 unspecified atom stereocenters. The summed E-state index contributed by atoms with van der Waals surface area (Å²) in [6.07, 6.45) is -0.0265. The average Bonchev–Trinajstić information content (AvgIpc) is 3.19. The van der Waals surface area contributed by atoms with Gasteiger partial charge in [-0.15, -0.1) is 0 Å². The van der Waals surface area contributed by atoms with E-state index in [0.717, 1.165) is 11.1 Å². The van der Waals surface area contributed by atoms with E-state index in [2.05, 4.69) is 26.8 Å². The number of amides is 5. The maximum Gasteiger partial charge on any atom is 0.408 e. The molecular weight excluding hydrogens is 442 g/mol. The van der Waals surface area contributed by atoms with Gasteiger partial charge in [0.25, 0.3) is 11.8 Å². The number of aryl methyl sites for hydroxylation is 2. The van der Waals surface area contributed by atoms with Crippen LogP contribution in [0.5, 0.6) is 0 Å². The highest BCUT2D eigenvalue weighted by Gasteiger charge is 2.42. The summed E-state index contributed by atoms with van der Waals surface area (Å²) in [4.78, 5) is 47.9. The molecule has 180 valence electrons. The van der Waals surface area contributed by atoms with Gasteiger partial charge in [-0.25, -0.2) is 9.59 Å². The number of hydrazine groups is 1. The molecule has 1 aliphatic carbocycles. The average molecular weight is 469 g/mol. The molecule has 0 bridgehead atoms. The Morgan fingerprint density at radius 2 is 1.79 bits per heavy atom. The number of urea groups is 1. The third kappa shape index (κ3) is 5.81. The van der Waals surface area contributed by atoms with Gasteiger partial charge in [0.05, 0.1) is 6.61 Å². The molecule has 1 aliphatic rings. The van der Waals surface area contributed by atoms with Gasteiger partial charge in [-0.2, -0.15) is 0 Å². The van der Waals surface area contributed by atoms with Gasteiger partial charge >= 0.3 is 12.1 Å². The van der Waals surface area contributed by atoms with Crippen molar-refractivity contribution in [2.75, 3.05) is 25.5 Å². The van der Waals surface area contributed by atoms with Gasteiger partial charge in [-0.05, 0) is 49.6 Å². The Kier molecular flexibility index (Phi) is 7.69. The molecular formula is C23H27N5O6. The smallest absolute Gasteiger partial charge is 0.408 e. The quantitative estimate of drug-likeness (QED) is 0.347. The number of alkyl carbamates (subject to hydrolysis) is 1. The number of carbonyl (C=O) groups is 4. The van der Waals surface area contributed by atoms with Crippen LogP contribution >= 0.6 is 0 Å². The highest BCUT2D eigenvalue weighted by atomic mass is 16.6. The molecule has 0 aromatic heterocycles. The van der Waals surface area contributed by atoms with E-state index in [9.17, 15) is 24.3 Å². The second kappa shape index (κ2) is 10.7. The summed E-state index contributed by atoms with van der Waals surface area (Å²) in [5, 5.41) is 17.4. The molecule has 0 heterocycles. The fourth-order valence-electron chi connectivity index (χ4n) is 3.60. The van der Waals surface area contributed by atoms with Crippen molar-refractivity contribution >= 4 is 29.6 Å². The lowest BCUT2D eigenvalue weighted by atomic mass is 9.96. The third-order valence-electron chi connectivity index (χ3n) is 5.45. The summed E-state index contributed by atoms with van der Waals surface area (Å²) >= 11 is 0. The van der Waals surface area contributed by atoms with E-state index in [1.165, 1.54) is 7.05 Å². The van der Waals surface area contributed by atoms with Crippen molar-refractivity contribution in [3.05, 3.63) is 64.7 Å². The first-order valence-corrected chi connectivity index (χ1v) is 10.6. The Morgan fingerprint density at radius 3 is 2.47 bits per heavy atom. The van der Waals surface area contributed by atoms with Crippen LogP contribution < -0.4 is 26.8 Å². The van der Waals surface area contributed by atoms with E-state index >= 15 is 0 Å². The SMILES string of the molecule is CNC(=O)Nc1ccc2c(c1)CC[C@]2(CO)OC(=O)NCC(=O)NNC(=O)c1ccc(C)cc1. The maximum atomic E-state index is 12.3. The van der Waals surface area contributed by atoms with Crippen LogP contribution in [0.1, 0.15) is 33.5 Å². The topological polar surface area (TPSA) is 158 Å². The minimum Gasteiger partial charge on any atom is -0.436 e. The molecule has 34 heavy (non-hydrogen) atoms. The van der Waals surface area contributed by atoms with Gasteiger partial charge in [0, 0.05) is 23.9 Å². The van der Waals surface area contributed by atoms with Crippen LogP contribution in [0, 0.1) is 6.92 Å². The van der Waals surface area contributed by atoms with E-state index in [1.807, 2.05) is 6.92 Å². The van der Waals surface area contributed by atoms with Crippen molar-refractivity contribution in [3.8, 4) is 0 Å². The zero-order valence-corrected chi connectivity index (χ0v) is 18.9.